The van der Waals surface area contributed by atoms with Crippen LogP contribution in [0.3, 0.4) is 0 Å². The molecule has 14 heteroatoms. The van der Waals surface area contributed by atoms with Crippen molar-refractivity contribution in [3.8, 4) is 0 Å². The van der Waals surface area contributed by atoms with E-state index in [4.69, 9.17) is 23.7 Å². The van der Waals surface area contributed by atoms with E-state index in [1.54, 1.807) is 24.3 Å². The van der Waals surface area contributed by atoms with Crippen molar-refractivity contribution >= 4 is 5.97 Å². The van der Waals surface area contributed by atoms with Crippen molar-refractivity contribution < 1.29 is 69.3 Å². The normalized spacial score (nSPS) is 49.6. The number of aliphatic hydroxyl groups is 8. The molecule has 5 aliphatic carbocycles. The van der Waals surface area contributed by atoms with Gasteiger partial charge in [-0.25, -0.2) is 4.79 Å². The van der Waals surface area contributed by atoms with E-state index in [9.17, 15) is 45.6 Å². The van der Waals surface area contributed by atoms with Crippen LogP contribution in [-0.4, -0.2) is 140 Å². The summed E-state index contributed by atoms with van der Waals surface area (Å²) in [6, 6.07) is 8.92. The first-order valence-corrected chi connectivity index (χ1v) is 22.9. The van der Waals surface area contributed by atoms with Gasteiger partial charge in [-0.3, -0.25) is 0 Å². The molecule has 1 unspecified atom stereocenters. The molecule has 7 aliphatic rings. The number of allylic oxidation sites excluding steroid dienone is 2. The van der Waals surface area contributed by atoms with Crippen molar-refractivity contribution in [2.24, 2.45) is 50.2 Å². The zero-order chi connectivity index (χ0) is 44.9. The van der Waals surface area contributed by atoms with Crippen LogP contribution in [0.4, 0.5) is 0 Å². The number of esters is 1. The van der Waals surface area contributed by atoms with Crippen molar-refractivity contribution in [1.29, 1.82) is 0 Å². The van der Waals surface area contributed by atoms with Gasteiger partial charge in [-0.2, -0.15) is 0 Å². The topological polar surface area (TPSA) is 225 Å². The summed E-state index contributed by atoms with van der Waals surface area (Å²) >= 11 is 0. The first kappa shape index (κ1) is 46.5. The van der Waals surface area contributed by atoms with Crippen molar-refractivity contribution in [1.82, 2.24) is 0 Å². The molecule has 0 amide bonds. The molecule has 2 saturated heterocycles. The highest BCUT2D eigenvalue weighted by Gasteiger charge is 2.72. The van der Waals surface area contributed by atoms with Crippen LogP contribution in [-0.2, 0) is 23.7 Å². The summed E-state index contributed by atoms with van der Waals surface area (Å²) in [6.07, 6.45) is -6.62. The van der Waals surface area contributed by atoms with Gasteiger partial charge in [0.2, 0.25) is 0 Å². The Morgan fingerprint density at radius 3 is 2.16 bits per heavy atom. The molecule has 0 spiro atoms. The van der Waals surface area contributed by atoms with E-state index in [1.165, 1.54) is 5.57 Å². The molecule has 6 fully saturated rings. The zero-order valence-corrected chi connectivity index (χ0v) is 37.4. The predicted molar refractivity (Wildman–Crippen MR) is 224 cm³/mol. The Bertz CT molecular complexity index is 1820. The lowest BCUT2D eigenvalue weighted by molar-refractivity contribution is -0.357. The summed E-state index contributed by atoms with van der Waals surface area (Å²) in [6.45, 7) is 14.9. The van der Waals surface area contributed by atoms with Crippen molar-refractivity contribution in [3.63, 3.8) is 0 Å². The van der Waals surface area contributed by atoms with Crippen LogP contribution in [0, 0.1) is 50.2 Å². The van der Waals surface area contributed by atoms with E-state index in [2.05, 4.69) is 54.5 Å². The molecule has 62 heavy (non-hydrogen) atoms. The predicted octanol–water partition coefficient (Wildman–Crippen LogP) is 3.24. The van der Waals surface area contributed by atoms with E-state index in [-0.39, 0.29) is 64.1 Å². The third-order valence-corrected chi connectivity index (χ3v) is 18.2. The lowest BCUT2D eigenvalue weighted by Crippen LogP contribution is -2.69. The zero-order valence-electron chi connectivity index (χ0n) is 37.4. The third-order valence-electron chi connectivity index (χ3n) is 18.2. The minimum Gasteiger partial charge on any atom is -0.458 e. The highest BCUT2D eigenvalue weighted by atomic mass is 16.7. The van der Waals surface area contributed by atoms with Crippen LogP contribution in [0.25, 0.3) is 0 Å². The molecule has 0 bridgehead atoms. The highest BCUT2D eigenvalue weighted by molar-refractivity contribution is 5.89. The fourth-order valence-corrected chi connectivity index (χ4v) is 14.6. The maximum atomic E-state index is 13.6. The van der Waals surface area contributed by atoms with Gasteiger partial charge in [0.1, 0.15) is 48.8 Å². The van der Waals surface area contributed by atoms with E-state index in [0.717, 1.165) is 32.1 Å². The Kier molecular flexibility index (Phi) is 12.3. The fourth-order valence-electron chi connectivity index (χ4n) is 14.6. The number of hydrogen-bond acceptors (Lipinski definition) is 14. The molecule has 2 heterocycles. The number of aliphatic hydroxyl groups excluding tert-OH is 8. The van der Waals surface area contributed by atoms with Crippen LogP contribution in [0.2, 0.25) is 0 Å². The second-order valence-electron chi connectivity index (χ2n) is 22.2. The van der Waals surface area contributed by atoms with Crippen molar-refractivity contribution in [2.45, 2.75) is 173 Å². The Balaban J connectivity index is 1.02. The molecular formula is C48H72O14. The second-order valence-corrected chi connectivity index (χ2v) is 22.2. The number of hydrogen-bond donors (Lipinski definition) is 8. The minimum absolute atomic E-state index is 0.117. The van der Waals surface area contributed by atoms with Gasteiger partial charge in [0.25, 0.3) is 0 Å². The number of rotatable bonds is 8. The highest BCUT2D eigenvalue weighted by Crippen LogP contribution is 2.76. The summed E-state index contributed by atoms with van der Waals surface area (Å²) < 4.78 is 30.3. The fraction of sp³-hybridized carbons (Fsp3) is 0.812. The quantitative estimate of drug-likeness (QED) is 0.107. The molecule has 8 N–H and O–H groups in total. The molecule has 0 aromatic heterocycles. The van der Waals surface area contributed by atoms with Crippen LogP contribution in [0.5, 0.6) is 0 Å². The minimum atomic E-state index is -1.71. The molecule has 8 rings (SSSR count). The van der Waals surface area contributed by atoms with Gasteiger partial charge in [-0.15, -0.1) is 0 Å². The molecule has 1 aromatic carbocycles. The van der Waals surface area contributed by atoms with Crippen LogP contribution < -0.4 is 0 Å². The maximum absolute atomic E-state index is 13.6. The van der Waals surface area contributed by atoms with E-state index >= 15 is 0 Å². The molecule has 1 aromatic rings. The Hall–Kier alpha value is -2.05. The van der Waals surface area contributed by atoms with Gasteiger partial charge < -0.3 is 64.5 Å². The summed E-state index contributed by atoms with van der Waals surface area (Å²) in [7, 11) is 0. The third kappa shape index (κ3) is 7.08. The van der Waals surface area contributed by atoms with Gasteiger partial charge in [0.05, 0.1) is 43.0 Å². The maximum Gasteiger partial charge on any atom is 0.338 e. The largest absolute Gasteiger partial charge is 0.458 e. The Morgan fingerprint density at radius 1 is 0.774 bits per heavy atom. The van der Waals surface area contributed by atoms with Gasteiger partial charge in [-0.1, -0.05) is 78.3 Å². The SMILES string of the molecule is CC1(C)C[C@@H](OC(=O)c2ccccc2)[C@]2(CO)[C@@H](O)CC3(C)C(=CC[C@@H]4[C@@]5(C)CC[C@H](O[C@@H]6OC[C@@H](O)[C@H](O[C@@H]7O[C@H](CO)[C@@H](O)[C@H](O)[C@H]7O)[C@H]6O)C(C)(C)[C@@H]5CC[C@]43C)[C@@H]2C1. The molecule has 19 atom stereocenters. The first-order chi connectivity index (χ1) is 29.1. The molecular weight excluding hydrogens is 801 g/mol. The van der Waals surface area contributed by atoms with E-state index in [1.807, 2.05) is 6.07 Å². The smallest absolute Gasteiger partial charge is 0.338 e. The summed E-state index contributed by atoms with van der Waals surface area (Å²) in [5.74, 6) is -0.139. The van der Waals surface area contributed by atoms with Crippen LogP contribution in [0.15, 0.2) is 42.0 Å². The summed E-state index contributed by atoms with van der Waals surface area (Å²) in [4.78, 5) is 13.6. The number of fused-ring (bicyclic) bond motifs is 7. The second kappa shape index (κ2) is 16.4. The van der Waals surface area contributed by atoms with Crippen molar-refractivity contribution in [2.75, 3.05) is 19.8 Å². The molecule has 0 radical (unpaired) electrons. The Morgan fingerprint density at radius 2 is 1.48 bits per heavy atom. The van der Waals surface area contributed by atoms with Crippen LogP contribution in [0.1, 0.15) is 110 Å². The monoisotopic (exact) mass is 872 g/mol. The average Bonchev–Trinajstić information content (AvgIpc) is 3.21. The molecule has 4 saturated carbocycles. The van der Waals surface area contributed by atoms with Gasteiger partial charge in [0.15, 0.2) is 12.6 Å². The number of carbonyl (C=O) groups is 1. The Labute approximate surface area is 365 Å². The average molecular weight is 873 g/mol. The summed E-state index contributed by atoms with van der Waals surface area (Å²) in [5, 5.41) is 87.2. The summed E-state index contributed by atoms with van der Waals surface area (Å²) in [5.41, 5.74) is -0.596. The first-order valence-electron chi connectivity index (χ1n) is 22.9. The number of benzene rings is 1. The number of ether oxygens (including phenoxy) is 5. The molecule has 348 valence electrons. The van der Waals surface area contributed by atoms with E-state index in [0.29, 0.717) is 24.8 Å². The van der Waals surface area contributed by atoms with E-state index < -0.39 is 85.5 Å². The standard InChI is InChI=1S/C48H72O14/c1-43(2)19-27-26-13-14-31-45(5)17-16-33(61-41-38(56)39(28(51)23-58-41)62-42-37(55)36(54)35(53)29(22-49)59-42)44(3,4)30(45)15-18-46(31,6)47(26,7)20-32(52)48(27,24-50)34(21-43)60-40(57)25-11-9-8-10-12-25/h8-13,27-39,41-42,49-56H,14-24H2,1-7H3/t27-,28+,29+,30-,31+,32-,33-,34+,35+,36-,37+,38+,39-,41-,42-,45-,46+,47?,48-/m0/s1. The lowest BCUT2D eigenvalue weighted by atomic mass is 9.33. The number of carbonyl (C=O) groups excluding carboxylic acids is 1. The van der Waals surface area contributed by atoms with Gasteiger partial charge in [-0.05, 0) is 108 Å². The molecule has 2 aliphatic heterocycles. The van der Waals surface area contributed by atoms with Crippen LogP contribution >= 0.6 is 0 Å². The van der Waals surface area contributed by atoms with Gasteiger partial charge in [0, 0.05) is 0 Å². The van der Waals surface area contributed by atoms with Crippen molar-refractivity contribution in [3.05, 3.63) is 47.5 Å². The van der Waals surface area contributed by atoms with Gasteiger partial charge >= 0.3 is 5.97 Å². The molecule has 14 nitrogen and oxygen atoms in total. The lowest BCUT2D eigenvalue weighted by Gasteiger charge is -2.72.